The maximum absolute atomic E-state index is 13.4. The van der Waals surface area contributed by atoms with Crippen LogP contribution in [-0.2, 0) is 13.5 Å². The van der Waals surface area contributed by atoms with Crippen molar-refractivity contribution in [3.05, 3.63) is 76.6 Å². The highest BCUT2D eigenvalue weighted by atomic mass is 16.5. The number of rotatable bonds is 5. The lowest BCUT2D eigenvalue weighted by Crippen LogP contribution is -2.44. The highest BCUT2D eigenvalue weighted by molar-refractivity contribution is 6.01. The molecule has 1 unspecified atom stereocenters. The molecule has 0 fully saturated rings. The van der Waals surface area contributed by atoms with E-state index in [4.69, 9.17) is 4.74 Å². The van der Waals surface area contributed by atoms with Crippen LogP contribution in [0.2, 0.25) is 0 Å². The second kappa shape index (κ2) is 7.62. The lowest BCUT2D eigenvalue weighted by Gasteiger charge is -2.38. The maximum Gasteiger partial charge on any atom is 0.257 e. The zero-order chi connectivity index (χ0) is 20.5. The minimum atomic E-state index is -0.246. The molecule has 1 aliphatic rings. The van der Waals surface area contributed by atoms with Crippen LogP contribution in [0.1, 0.15) is 39.0 Å². The fourth-order valence-electron chi connectivity index (χ4n) is 3.98. The van der Waals surface area contributed by atoms with E-state index < -0.39 is 0 Å². The number of anilines is 1. The van der Waals surface area contributed by atoms with Crippen LogP contribution < -0.4 is 10.1 Å². The summed E-state index contributed by atoms with van der Waals surface area (Å²) in [6, 6.07) is 15.7. The molecule has 2 heterocycles. The van der Waals surface area contributed by atoms with Gasteiger partial charge in [-0.2, -0.15) is 5.10 Å². The number of nitrogens with one attached hydrogen (secondary N) is 1. The molecule has 6 nitrogen and oxygen atoms in total. The number of fused-ring (bicyclic) bond motifs is 1. The number of carbonyl (C=O) groups is 1. The quantitative estimate of drug-likeness (QED) is 0.719. The second-order valence-corrected chi connectivity index (χ2v) is 7.40. The number of hydrogen-bond acceptors (Lipinski definition) is 4. The number of para-hydroxylation sites is 1. The van der Waals surface area contributed by atoms with E-state index in [-0.39, 0.29) is 12.1 Å². The van der Waals surface area contributed by atoms with Crippen molar-refractivity contribution in [3.8, 4) is 5.75 Å². The van der Waals surface area contributed by atoms with Crippen molar-refractivity contribution in [2.75, 3.05) is 19.0 Å². The van der Waals surface area contributed by atoms with E-state index in [0.29, 0.717) is 12.1 Å². The average Bonchev–Trinajstić information content (AvgIpc) is 2.99. The highest BCUT2D eigenvalue weighted by Gasteiger charge is 2.35. The Hall–Kier alpha value is -3.28. The van der Waals surface area contributed by atoms with Crippen molar-refractivity contribution in [2.45, 2.75) is 26.4 Å². The van der Waals surface area contributed by atoms with Gasteiger partial charge in [-0.1, -0.05) is 24.3 Å². The third-order valence-electron chi connectivity index (χ3n) is 5.66. The number of aromatic nitrogens is 2. The number of hydrogen-bond donors (Lipinski definition) is 1. The van der Waals surface area contributed by atoms with Crippen LogP contribution in [0.3, 0.4) is 0 Å². The summed E-state index contributed by atoms with van der Waals surface area (Å²) in [4.78, 5) is 15.3. The number of benzene rings is 2. The number of methoxy groups -OCH3 is 1. The molecule has 1 amide bonds. The summed E-state index contributed by atoms with van der Waals surface area (Å²) in [7, 11) is 3.60. The number of ether oxygens (including phenoxy) is 1. The molecule has 4 rings (SSSR count). The van der Waals surface area contributed by atoms with Crippen LogP contribution in [0, 0.1) is 13.8 Å². The standard InChI is InChI=1S/C23H26N4O2/c1-15-21(16(2)26(3)25-15)22-24-20-8-6-5-7-19(20)23(28)27(22)14-13-17-9-11-18(29-4)12-10-17/h5-12,22,24H,13-14H2,1-4H3. The third kappa shape index (κ3) is 3.46. The molecule has 0 bridgehead atoms. The van der Waals surface area contributed by atoms with E-state index in [9.17, 15) is 4.79 Å². The molecule has 0 saturated carbocycles. The smallest absolute Gasteiger partial charge is 0.257 e. The Labute approximate surface area is 171 Å². The molecular weight excluding hydrogens is 364 g/mol. The average molecular weight is 390 g/mol. The minimum Gasteiger partial charge on any atom is -0.497 e. The normalized spacial score (nSPS) is 15.8. The van der Waals surface area contributed by atoms with Crippen LogP contribution in [0.15, 0.2) is 48.5 Å². The Morgan fingerprint density at radius 2 is 1.83 bits per heavy atom. The van der Waals surface area contributed by atoms with Gasteiger partial charge in [-0.05, 0) is 50.1 Å². The highest BCUT2D eigenvalue weighted by Crippen LogP contribution is 2.35. The van der Waals surface area contributed by atoms with Crippen LogP contribution >= 0.6 is 0 Å². The zero-order valence-electron chi connectivity index (χ0n) is 17.3. The zero-order valence-corrected chi connectivity index (χ0v) is 17.3. The molecule has 1 aromatic heterocycles. The van der Waals surface area contributed by atoms with Crippen LogP contribution in [-0.4, -0.2) is 34.2 Å². The van der Waals surface area contributed by atoms with E-state index in [1.165, 1.54) is 0 Å². The van der Waals surface area contributed by atoms with Gasteiger partial charge in [-0.25, -0.2) is 0 Å². The Balaban J connectivity index is 1.68. The first-order valence-corrected chi connectivity index (χ1v) is 9.79. The van der Waals surface area contributed by atoms with Gasteiger partial charge in [0.25, 0.3) is 5.91 Å². The molecule has 3 aromatic rings. The third-order valence-corrected chi connectivity index (χ3v) is 5.66. The predicted molar refractivity (Wildman–Crippen MR) is 113 cm³/mol. The van der Waals surface area contributed by atoms with Crippen molar-refractivity contribution in [3.63, 3.8) is 0 Å². The van der Waals surface area contributed by atoms with Gasteiger partial charge in [0.05, 0.1) is 18.4 Å². The van der Waals surface area contributed by atoms with Gasteiger partial charge in [-0.3, -0.25) is 9.48 Å². The Morgan fingerprint density at radius 1 is 1.10 bits per heavy atom. The van der Waals surface area contributed by atoms with E-state index >= 15 is 0 Å². The lowest BCUT2D eigenvalue weighted by molar-refractivity contribution is 0.0684. The first-order valence-electron chi connectivity index (χ1n) is 9.79. The fraction of sp³-hybridized carbons (Fsp3) is 0.304. The lowest BCUT2D eigenvalue weighted by atomic mass is 10.0. The Kier molecular flexibility index (Phi) is 5.01. The van der Waals surface area contributed by atoms with Gasteiger partial charge in [0.15, 0.2) is 0 Å². The van der Waals surface area contributed by atoms with Crippen molar-refractivity contribution in [1.82, 2.24) is 14.7 Å². The molecule has 1 aliphatic heterocycles. The van der Waals surface area contributed by atoms with Crippen LogP contribution in [0.25, 0.3) is 0 Å². The Bertz CT molecular complexity index is 1040. The van der Waals surface area contributed by atoms with Gasteiger partial charge in [0.2, 0.25) is 0 Å². The summed E-state index contributed by atoms with van der Waals surface area (Å²) in [5.74, 6) is 0.874. The van der Waals surface area contributed by atoms with Crippen molar-refractivity contribution < 1.29 is 9.53 Å². The number of nitrogens with zero attached hydrogens (tertiary/aromatic N) is 3. The van der Waals surface area contributed by atoms with Crippen LogP contribution in [0.4, 0.5) is 5.69 Å². The van der Waals surface area contributed by atoms with E-state index in [1.807, 2.05) is 79.0 Å². The topological polar surface area (TPSA) is 59.4 Å². The molecule has 6 heteroatoms. The summed E-state index contributed by atoms with van der Waals surface area (Å²) in [5, 5.41) is 8.14. The predicted octanol–water partition coefficient (Wildman–Crippen LogP) is 3.85. The molecule has 2 aromatic carbocycles. The van der Waals surface area contributed by atoms with Gasteiger partial charge in [-0.15, -0.1) is 0 Å². The molecule has 150 valence electrons. The summed E-state index contributed by atoms with van der Waals surface area (Å²) in [6.07, 6.45) is 0.512. The molecule has 1 atom stereocenters. The van der Waals surface area contributed by atoms with E-state index in [1.54, 1.807) is 7.11 Å². The first-order chi connectivity index (χ1) is 14.0. The number of aryl methyl sites for hydroxylation is 2. The minimum absolute atomic E-state index is 0.0421. The summed E-state index contributed by atoms with van der Waals surface area (Å²) in [5.41, 5.74) is 5.79. The summed E-state index contributed by atoms with van der Waals surface area (Å²) < 4.78 is 7.11. The monoisotopic (exact) mass is 390 g/mol. The SMILES string of the molecule is COc1ccc(CCN2C(=O)c3ccccc3NC2c2c(C)nn(C)c2C)cc1. The molecule has 1 N–H and O–H groups in total. The second-order valence-electron chi connectivity index (χ2n) is 7.40. The molecule has 0 aliphatic carbocycles. The summed E-state index contributed by atoms with van der Waals surface area (Å²) >= 11 is 0. The largest absolute Gasteiger partial charge is 0.497 e. The van der Waals surface area contributed by atoms with Gasteiger partial charge in [0, 0.05) is 30.5 Å². The molecule has 0 saturated heterocycles. The van der Waals surface area contributed by atoms with Crippen molar-refractivity contribution in [2.24, 2.45) is 7.05 Å². The molecular formula is C23H26N4O2. The van der Waals surface area contributed by atoms with Gasteiger partial charge in [0.1, 0.15) is 11.9 Å². The summed E-state index contributed by atoms with van der Waals surface area (Å²) in [6.45, 7) is 4.64. The maximum atomic E-state index is 13.4. The number of amides is 1. The van der Waals surface area contributed by atoms with E-state index in [0.717, 1.165) is 40.4 Å². The molecule has 0 spiro atoms. The van der Waals surface area contributed by atoms with E-state index in [2.05, 4.69) is 10.4 Å². The van der Waals surface area contributed by atoms with Gasteiger partial charge < -0.3 is 15.0 Å². The van der Waals surface area contributed by atoms with Crippen molar-refractivity contribution in [1.29, 1.82) is 0 Å². The molecule has 0 radical (unpaired) electrons. The fourth-order valence-corrected chi connectivity index (χ4v) is 3.98. The molecule has 29 heavy (non-hydrogen) atoms. The first kappa shape index (κ1) is 19.1. The van der Waals surface area contributed by atoms with Gasteiger partial charge >= 0.3 is 0 Å². The number of carbonyl (C=O) groups excluding carboxylic acids is 1. The van der Waals surface area contributed by atoms with Crippen LogP contribution in [0.5, 0.6) is 5.75 Å². The van der Waals surface area contributed by atoms with Crippen molar-refractivity contribution >= 4 is 11.6 Å². The Morgan fingerprint density at radius 3 is 2.48 bits per heavy atom.